The van der Waals surface area contributed by atoms with Crippen molar-refractivity contribution in [3.8, 4) is 6.07 Å². The molecule has 17 heavy (non-hydrogen) atoms. The summed E-state index contributed by atoms with van der Waals surface area (Å²) in [5.74, 6) is -0.371. The second kappa shape index (κ2) is 5.15. The lowest BCUT2D eigenvalue weighted by molar-refractivity contribution is 0.00293. The van der Waals surface area contributed by atoms with Gasteiger partial charge in [-0.25, -0.2) is 4.39 Å². The summed E-state index contributed by atoms with van der Waals surface area (Å²) < 4.78 is 19.0. The number of anilines is 1. The highest BCUT2D eigenvalue weighted by atomic mass is 19.1. The molecule has 1 aromatic carbocycles. The van der Waals surface area contributed by atoms with Crippen LogP contribution < -0.4 is 5.32 Å². The predicted molar refractivity (Wildman–Crippen MR) is 63.2 cm³/mol. The van der Waals surface area contributed by atoms with E-state index in [0.29, 0.717) is 17.4 Å². The van der Waals surface area contributed by atoms with Crippen LogP contribution in [0, 0.1) is 17.1 Å². The van der Waals surface area contributed by atoms with Gasteiger partial charge in [-0.1, -0.05) is 0 Å². The molecule has 1 aromatic rings. The van der Waals surface area contributed by atoms with E-state index in [1.807, 2.05) is 13.0 Å². The van der Waals surface area contributed by atoms with Gasteiger partial charge in [0.2, 0.25) is 0 Å². The van der Waals surface area contributed by atoms with Crippen molar-refractivity contribution < 1.29 is 9.13 Å². The van der Waals surface area contributed by atoms with Crippen LogP contribution in [0.4, 0.5) is 10.1 Å². The third-order valence-electron chi connectivity index (χ3n) is 2.95. The van der Waals surface area contributed by atoms with Gasteiger partial charge in [0.25, 0.3) is 0 Å². The zero-order valence-electron chi connectivity index (χ0n) is 9.74. The highest BCUT2D eigenvalue weighted by molar-refractivity contribution is 5.49. The average molecular weight is 234 g/mol. The summed E-state index contributed by atoms with van der Waals surface area (Å²) in [6.45, 7) is 2.70. The number of hydrogen-bond donors (Lipinski definition) is 1. The fourth-order valence-electron chi connectivity index (χ4n) is 1.98. The molecule has 1 aliphatic rings. The average Bonchev–Trinajstić information content (AvgIpc) is 2.28. The zero-order valence-corrected chi connectivity index (χ0v) is 9.74. The number of nitrogens with one attached hydrogen (secondary N) is 1. The minimum atomic E-state index is -0.371. The van der Waals surface area contributed by atoms with E-state index in [9.17, 15) is 4.39 Å². The summed E-state index contributed by atoms with van der Waals surface area (Å²) in [6, 6.07) is 6.66. The topological polar surface area (TPSA) is 45.0 Å². The minimum absolute atomic E-state index is 0.272. The van der Waals surface area contributed by atoms with Crippen LogP contribution in [-0.2, 0) is 4.74 Å². The fraction of sp³-hybridized carbons (Fsp3) is 0.462. The van der Waals surface area contributed by atoms with Gasteiger partial charge in [-0.2, -0.15) is 5.26 Å². The summed E-state index contributed by atoms with van der Waals surface area (Å²) in [6.07, 6.45) is 2.12. The van der Waals surface area contributed by atoms with E-state index >= 15 is 0 Å². The smallest absolute Gasteiger partial charge is 0.147 e. The molecule has 2 rings (SSSR count). The molecule has 0 aromatic heterocycles. The monoisotopic (exact) mass is 234 g/mol. The van der Waals surface area contributed by atoms with E-state index < -0.39 is 0 Å². The summed E-state index contributed by atoms with van der Waals surface area (Å²) >= 11 is 0. The zero-order chi connectivity index (χ0) is 12.3. The van der Waals surface area contributed by atoms with E-state index in [4.69, 9.17) is 10.00 Å². The molecule has 0 amide bonds. The van der Waals surface area contributed by atoms with Gasteiger partial charge >= 0.3 is 0 Å². The number of nitriles is 1. The van der Waals surface area contributed by atoms with E-state index in [1.165, 1.54) is 6.07 Å². The maximum Gasteiger partial charge on any atom is 0.147 e. The van der Waals surface area contributed by atoms with Crippen molar-refractivity contribution in [1.82, 2.24) is 0 Å². The molecule has 0 saturated heterocycles. The number of nitrogens with zero attached hydrogens (tertiary/aromatic N) is 1. The molecule has 0 unspecified atom stereocenters. The van der Waals surface area contributed by atoms with Crippen LogP contribution in [0.2, 0.25) is 0 Å². The normalized spacial score (nSPS) is 22.6. The Bertz CT molecular complexity index is 436. The predicted octanol–water partition coefficient (Wildman–Crippen LogP) is 2.68. The Morgan fingerprint density at radius 2 is 2.29 bits per heavy atom. The van der Waals surface area contributed by atoms with E-state index in [1.54, 1.807) is 12.1 Å². The van der Waals surface area contributed by atoms with Crippen LogP contribution in [0.15, 0.2) is 18.2 Å². The first kappa shape index (κ1) is 11.9. The third kappa shape index (κ3) is 2.75. The van der Waals surface area contributed by atoms with Crippen LogP contribution in [0.1, 0.15) is 25.3 Å². The van der Waals surface area contributed by atoms with Crippen molar-refractivity contribution in [2.45, 2.75) is 31.9 Å². The summed E-state index contributed by atoms with van der Waals surface area (Å²) in [4.78, 5) is 0. The van der Waals surface area contributed by atoms with E-state index in [0.717, 1.165) is 19.4 Å². The lowest BCUT2D eigenvalue weighted by atomic mass is 9.89. The third-order valence-corrected chi connectivity index (χ3v) is 2.95. The molecule has 1 fully saturated rings. The lowest BCUT2D eigenvalue weighted by Crippen LogP contribution is -2.41. The number of rotatable bonds is 4. The quantitative estimate of drug-likeness (QED) is 0.871. The Hall–Kier alpha value is -1.60. The van der Waals surface area contributed by atoms with Gasteiger partial charge in [0, 0.05) is 12.6 Å². The highest BCUT2D eigenvalue weighted by Gasteiger charge is 2.29. The molecular weight excluding hydrogens is 219 g/mol. The maximum atomic E-state index is 13.6. The summed E-state index contributed by atoms with van der Waals surface area (Å²) in [5, 5.41) is 11.8. The lowest BCUT2D eigenvalue weighted by Gasteiger charge is -2.36. The first-order chi connectivity index (χ1) is 8.22. The SMILES string of the molecule is CCOC1CC(Nc2ccc(C#N)cc2F)C1. The van der Waals surface area contributed by atoms with E-state index in [2.05, 4.69) is 5.32 Å². The molecule has 0 bridgehead atoms. The Morgan fingerprint density at radius 3 is 2.88 bits per heavy atom. The van der Waals surface area contributed by atoms with Crippen LogP contribution in [0.5, 0.6) is 0 Å². The molecule has 1 aliphatic carbocycles. The Kier molecular flexibility index (Phi) is 3.60. The second-order valence-electron chi connectivity index (χ2n) is 4.20. The number of halogens is 1. The number of ether oxygens (including phenoxy) is 1. The molecular formula is C13H15FN2O. The molecule has 4 heteroatoms. The first-order valence-corrected chi connectivity index (χ1v) is 5.80. The fourth-order valence-corrected chi connectivity index (χ4v) is 1.98. The van der Waals surface area contributed by atoms with Crippen LogP contribution in [0.3, 0.4) is 0 Å². The van der Waals surface area contributed by atoms with E-state index in [-0.39, 0.29) is 11.9 Å². The molecule has 3 nitrogen and oxygen atoms in total. The Morgan fingerprint density at radius 1 is 1.53 bits per heavy atom. The molecule has 0 aliphatic heterocycles. The van der Waals surface area contributed by atoms with Crippen LogP contribution >= 0.6 is 0 Å². The number of hydrogen-bond acceptors (Lipinski definition) is 3. The molecule has 1 N–H and O–H groups in total. The van der Waals surface area contributed by atoms with Crippen molar-refractivity contribution in [3.63, 3.8) is 0 Å². The minimum Gasteiger partial charge on any atom is -0.380 e. The second-order valence-corrected chi connectivity index (χ2v) is 4.20. The van der Waals surface area contributed by atoms with Crippen molar-refractivity contribution in [2.24, 2.45) is 0 Å². The van der Waals surface area contributed by atoms with Crippen LogP contribution in [-0.4, -0.2) is 18.8 Å². The largest absolute Gasteiger partial charge is 0.380 e. The van der Waals surface area contributed by atoms with Gasteiger partial charge < -0.3 is 10.1 Å². The Balaban J connectivity index is 1.91. The standard InChI is InChI=1S/C13H15FN2O/c1-2-17-11-6-10(7-11)16-13-4-3-9(8-15)5-12(13)14/h3-5,10-11,16H,2,6-7H2,1H3. The maximum absolute atomic E-state index is 13.6. The van der Waals surface area contributed by atoms with Gasteiger partial charge in [0.05, 0.1) is 23.4 Å². The summed E-state index contributed by atoms with van der Waals surface area (Å²) in [7, 11) is 0. The highest BCUT2D eigenvalue weighted by Crippen LogP contribution is 2.28. The van der Waals surface area contributed by atoms with Gasteiger partial charge in [-0.15, -0.1) is 0 Å². The Labute approximate surface area is 100 Å². The van der Waals surface area contributed by atoms with Crippen molar-refractivity contribution in [3.05, 3.63) is 29.6 Å². The molecule has 0 spiro atoms. The van der Waals surface area contributed by atoms with Gasteiger partial charge in [0.1, 0.15) is 5.82 Å². The summed E-state index contributed by atoms with van der Waals surface area (Å²) in [5.41, 5.74) is 0.804. The molecule has 0 atom stereocenters. The van der Waals surface area contributed by atoms with Gasteiger partial charge in [-0.3, -0.25) is 0 Å². The van der Waals surface area contributed by atoms with Crippen molar-refractivity contribution in [1.29, 1.82) is 5.26 Å². The van der Waals surface area contributed by atoms with Gasteiger partial charge in [0.15, 0.2) is 0 Å². The van der Waals surface area contributed by atoms with Crippen LogP contribution in [0.25, 0.3) is 0 Å². The number of benzene rings is 1. The molecule has 90 valence electrons. The van der Waals surface area contributed by atoms with Crippen molar-refractivity contribution >= 4 is 5.69 Å². The molecule has 0 heterocycles. The van der Waals surface area contributed by atoms with Gasteiger partial charge in [-0.05, 0) is 38.0 Å². The van der Waals surface area contributed by atoms with Crippen molar-refractivity contribution in [2.75, 3.05) is 11.9 Å². The molecule has 1 saturated carbocycles. The molecule has 0 radical (unpaired) electrons. The first-order valence-electron chi connectivity index (χ1n) is 5.80.